The van der Waals surface area contributed by atoms with E-state index in [-0.39, 0.29) is 11.2 Å². The number of fused-ring (bicyclic) bond motifs is 3. The van der Waals surface area contributed by atoms with Gasteiger partial charge in [-0.3, -0.25) is 4.98 Å². The molecule has 0 amide bonds. The summed E-state index contributed by atoms with van der Waals surface area (Å²) < 4.78 is 43.3. The average Bonchev–Trinajstić information content (AvgIpc) is 3.27. The second kappa shape index (κ2) is 6.94. The van der Waals surface area contributed by atoms with Crippen LogP contribution in [0.2, 0.25) is 0 Å². The maximum atomic E-state index is 15.5. The van der Waals surface area contributed by atoms with Gasteiger partial charge in [-0.15, -0.1) is 10.2 Å². The molecule has 3 aromatic heterocycles. The van der Waals surface area contributed by atoms with Crippen molar-refractivity contribution in [3.8, 4) is 22.8 Å². The van der Waals surface area contributed by atoms with Crippen LogP contribution in [0.4, 0.5) is 8.78 Å². The second-order valence-electron chi connectivity index (χ2n) is 7.36. The van der Waals surface area contributed by atoms with Gasteiger partial charge in [0, 0.05) is 22.7 Å². The van der Waals surface area contributed by atoms with E-state index < -0.39 is 11.7 Å². The number of alkyl halides is 2. The molecule has 0 spiro atoms. The van der Waals surface area contributed by atoms with Crippen LogP contribution in [-0.2, 0) is 5.92 Å². The molecule has 2 aromatic carbocycles. The van der Waals surface area contributed by atoms with Crippen LogP contribution in [-0.4, -0.2) is 38.0 Å². The van der Waals surface area contributed by atoms with E-state index in [1.165, 1.54) is 12.1 Å². The molecular formula is C23H15F2N5O2. The van der Waals surface area contributed by atoms with Gasteiger partial charge in [0.05, 0.1) is 11.2 Å². The highest BCUT2D eigenvalue weighted by Crippen LogP contribution is 2.37. The number of benzene rings is 2. The van der Waals surface area contributed by atoms with Crippen molar-refractivity contribution in [2.24, 2.45) is 0 Å². The first-order valence-corrected chi connectivity index (χ1v) is 9.96. The normalized spacial score (nSPS) is 13.6. The Labute approximate surface area is 180 Å². The number of nitrogens with zero attached hydrogens (tertiary/aromatic N) is 5. The quantitative estimate of drug-likeness (QED) is 0.425. The van der Waals surface area contributed by atoms with E-state index in [0.29, 0.717) is 46.9 Å². The molecule has 0 bridgehead atoms. The lowest BCUT2D eigenvalue weighted by Crippen LogP contribution is -2.20. The molecule has 0 saturated heterocycles. The topological polar surface area (TPSA) is 74.4 Å². The van der Waals surface area contributed by atoms with E-state index in [0.717, 1.165) is 4.52 Å². The lowest BCUT2D eigenvalue weighted by atomic mass is 10.0. The van der Waals surface area contributed by atoms with E-state index in [1.54, 1.807) is 54.7 Å². The van der Waals surface area contributed by atoms with Gasteiger partial charge in [-0.1, -0.05) is 12.1 Å². The molecule has 0 radical (unpaired) electrons. The molecule has 32 heavy (non-hydrogen) atoms. The first-order chi connectivity index (χ1) is 15.6. The maximum absolute atomic E-state index is 15.5. The first kappa shape index (κ1) is 18.6. The molecule has 4 heterocycles. The Morgan fingerprint density at radius 2 is 1.75 bits per heavy atom. The molecule has 9 heteroatoms. The van der Waals surface area contributed by atoms with Gasteiger partial charge >= 0.3 is 5.92 Å². The molecule has 1 aliphatic heterocycles. The van der Waals surface area contributed by atoms with Crippen LogP contribution in [0, 0.1) is 0 Å². The molecule has 0 fully saturated rings. The molecule has 0 aliphatic carbocycles. The van der Waals surface area contributed by atoms with Crippen LogP contribution in [0.5, 0.6) is 11.5 Å². The van der Waals surface area contributed by atoms with Gasteiger partial charge in [0.25, 0.3) is 0 Å². The predicted molar refractivity (Wildman–Crippen MR) is 112 cm³/mol. The summed E-state index contributed by atoms with van der Waals surface area (Å²) in [5, 5.41) is 12.7. The van der Waals surface area contributed by atoms with Crippen molar-refractivity contribution < 1.29 is 18.3 Å². The zero-order valence-corrected chi connectivity index (χ0v) is 16.6. The van der Waals surface area contributed by atoms with E-state index in [2.05, 4.69) is 20.3 Å². The maximum Gasteiger partial charge on any atom is 0.333 e. The molecule has 5 aromatic rings. The minimum absolute atomic E-state index is 0.209. The lowest BCUT2D eigenvalue weighted by molar-refractivity contribution is 0.0307. The van der Waals surface area contributed by atoms with Gasteiger partial charge < -0.3 is 9.47 Å². The molecular weight excluding hydrogens is 416 g/mol. The average molecular weight is 431 g/mol. The van der Waals surface area contributed by atoms with Crippen LogP contribution in [0.3, 0.4) is 0 Å². The van der Waals surface area contributed by atoms with E-state index >= 15 is 8.78 Å². The van der Waals surface area contributed by atoms with Crippen molar-refractivity contribution in [2.75, 3.05) is 13.2 Å². The summed E-state index contributed by atoms with van der Waals surface area (Å²) in [6.45, 7) is 0.937. The standard InChI is InChI=1S/C23H15F2N5O2/c24-23(25,16-4-5-17-14(12-16)2-1-9-26-17)22-28-27-21-8-6-18(29-30(21)22)15-3-7-19-20(13-15)32-11-10-31-19/h1-9,12-13H,10-11H2. The summed E-state index contributed by atoms with van der Waals surface area (Å²) >= 11 is 0. The molecule has 0 unspecified atom stereocenters. The largest absolute Gasteiger partial charge is 0.486 e. The number of pyridine rings is 1. The minimum atomic E-state index is -3.41. The molecule has 0 saturated carbocycles. The van der Waals surface area contributed by atoms with Gasteiger partial charge in [-0.2, -0.15) is 18.4 Å². The Morgan fingerprint density at radius 1 is 0.875 bits per heavy atom. The van der Waals surface area contributed by atoms with Crippen molar-refractivity contribution in [1.29, 1.82) is 0 Å². The van der Waals surface area contributed by atoms with E-state index in [9.17, 15) is 0 Å². The number of aromatic nitrogens is 5. The number of rotatable bonds is 3. The molecule has 7 nitrogen and oxygen atoms in total. The van der Waals surface area contributed by atoms with Crippen molar-refractivity contribution >= 4 is 16.6 Å². The van der Waals surface area contributed by atoms with Crippen molar-refractivity contribution in [3.63, 3.8) is 0 Å². The number of hydrogen-bond donors (Lipinski definition) is 0. The Balaban J connectivity index is 1.45. The molecule has 0 atom stereocenters. The first-order valence-electron chi connectivity index (χ1n) is 9.96. The minimum Gasteiger partial charge on any atom is -0.486 e. The monoisotopic (exact) mass is 431 g/mol. The summed E-state index contributed by atoms with van der Waals surface area (Å²) in [4.78, 5) is 4.18. The van der Waals surface area contributed by atoms with Crippen LogP contribution in [0.25, 0.3) is 27.8 Å². The third-order valence-corrected chi connectivity index (χ3v) is 5.35. The van der Waals surface area contributed by atoms with Crippen molar-refractivity contribution in [1.82, 2.24) is 24.8 Å². The molecule has 1 aliphatic rings. The Hall–Kier alpha value is -4.14. The van der Waals surface area contributed by atoms with E-state index in [4.69, 9.17) is 9.47 Å². The SMILES string of the molecule is FC(F)(c1ccc2ncccc2c1)c1nnc2ccc(-c3ccc4c(c3)OCCO4)nn12. The highest BCUT2D eigenvalue weighted by molar-refractivity contribution is 5.79. The summed E-state index contributed by atoms with van der Waals surface area (Å²) in [7, 11) is 0. The van der Waals surface area contributed by atoms with Gasteiger partial charge in [-0.25, -0.2) is 0 Å². The van der Waals surface area contributed by atoms with Gasteiger partial charge in [-0.05, 0) is 48.5 Å². The summed E-state index contributed by atoms with van der Waals surface area (Å²) in [6, 6.07) is 16.4. The lowest BCUT2D eigenvalue weighted by Gasteiger charge is -2.19. The van der Waals surface area contributed by atoms with Gasteiger partial charge in [0.1, 0.15) is 13.2 Å². The number of ether oxygens (including phenoxy) is 2. The highest BCUT2D eigenvalue weighted by atomic mass is 19.3. The fraction of sp³-hybridized carbons (Fsp3) is 0.130. The van der Waals surface area contributed by atoms with E-state index in [1.807, 2.05) is 0 Å². The third kappa shape index (κ3) is 2.93. The summed E-state index contributed by atoms with van der Waals surface area (Å²) in [5.74, 6) is -2.74. The smallest absolute Gasteiger partial charge is 0.333 e. The Bertz CT molecular complexity index is 1480. The molecule has 158 valence electrons. The van der Waals surface area contributed by atoms with Crippen LogP contribution in [0.1, 0.15) is 11.4 Å². The number of hydrogen-bond acceptors (Lipinski definition) is 6. The van der Waals surface area contributed by atoms with Crippen LogP contribution < -0.4 is 9.47 Å². The zero-order valence-electron chi connectivity index (χ0n) is 16.6. The highest BCUT2D eigenvalue weighted by Gasteiger charge is 2.40. The Morgan fingerprint density at radius 3 is 2.66 bits per heavy atom. The fourth-order valence-electron chi connectivity index (χ4n) is 3.74. The zero-order chi connectivity index (χ0) is 21.7. The van der Waals surface area contributed by atoms with Crippen LogP contribution >= 0.6 is 0 Å². The summed E-state index contributed by atoms with van der Waals surface area (Å²) in [6.07, 6.45) is 1.62. The second-order valence-corrected chi connectivity index (χ2v) is 7.36. The third-order valence-electron chi connectivity index (χ3n) is 5.35. The fourth-order valence-corrected chi connectivity index (χ4v) is 3.74. The van der Waals surface area contributed by atoms with Crippen molar-refractivity contribution in [3.05, 3.63) is 78.2 Å². The van der Waals surface area contributed by atoms with Crippen LogP contribution in [0.15, 0.2) is 66.9 Å². The van der Waals surface area contributed by atoms with Crippen molar-refractivity contribution in [2.45, 2.75) is 5.92 Å². The Kier molecular flexibility index (Phi) is 4.04. The molecule has 0 N–H and O–H groups in total. The van der Waals surface area contributed by atoms with Gasteiger partial charge in [0.15, 0.2) is 17.1 Å². The summed E-state index contributed by atoms with van der Waals surface area (Å²) in [5.41, 5.74) is 1.84. The number of halogens is 2. The predicted octanol–water partition coefficient (Wildman–Crippen LogP) is 4.25. The van der Waals surface area contributed by atoms with Gasteiger partial charge in [0.2, 0.25) is 5.82 Å². The molecule has 6 rings (SSSR count).